The van der Waals surface area contributed by atoms with E-state index >= 15 is 0 Å². The minimum Gasteiger partial charge on any atom is -0.394 e. The second kappa shape index (κ2) is 6.54. The van der Waals surface area contributed by atoms with Crippen molar-refractivity contribution in [3.8, 4) is 0 Å². The molecule has 1 aromatic heterocycles. The zero-order valence-corrected chi connectivity index (χ0v) is 12.2. The second-order valence-corrected chi connectivity index (χ2v) is 5.56. The third-order valence-corrected chi connectivity index (χ3v) is 4.04. The number of rotatable bonds is 3. The summed E-state index contributed by atoms with van der Waals surface area (Å²) in [6.07, 6.45) is 6.09. The molecule has 0 aromatic carbocycles. The average Bonchev–Trinajstić information content (AvgIpc) is 2.47. The maximum atomic E-state index is 12.5. The summed E-state index contributed by atoms with van der Waals surface area (Å²) in [6.45, 7) is 0.614. The Labute approximate surface area is 121 Å². The van der Waals surface area contributed by atoms with Gasteiger partial charge in [-0.2, -0.15) is 0 Å². The van der Waals surface area contributed by atoms with Gasteiger partial charge >= 0.3 is 0 Å². The number of nitrogens with zero attached hydrogens (tertiary/aromatic N) is 3. The highest BCUT2D eigenvalue weighted by Crippen LogP contribution is 2.23. The van der Waals surface area contributed by atoms with Crippen molar-refractivity contribution in [1.82, 2.24) is 14.9 Å². The smallest absolute Gasteiger partial charge is 0.274 e. The highest BCUT2D eigenvalue weighted by atomic mass is 35.5. The number of thioether (sulfide) groups is 1. The van der Waals surface area contributed by atoms with Gasteiger partial charge in [0.05, 0.1) is 23.9 Å². The molecule has 0 aliphatic carbocycles. The number of aliphatic hydroxyl groups excluding tert-OH is 1. The van der Waals surface area contributed by atoms with E-state index in [-0.39, 0.29) is 29.3 Å². The molecule has 2 heterocycles. The van der Waals surface area contributed by atoms with Crippen molar-refractivity contribution in [2.45, 2.75) is 30.5 Å². The van der Waals surface area contributed by atoms with E-state index in [9.17, 15) is 9.90 Å². The van der Waals surface area contributed by atoms with E-state index in [1.807, 2.05) is 6.26 Å². The number of carbonyl (C=O) groups excluding carboxylic acids is 1. The molecule has 1 aromatic rings. The number of amides is 1. The molecule has 1 aliphatic heterocycles. The summed E-state index contributed by atoms with van der Waals surface area (Å²) >= 11 is 7.38. The first-order valence-electron chi connectivity index (χ1n) is 6.15. The Balaban J connectivity index is 2.27. The fourth-order valence-electron chi connectivity index (χ4n) is 2.19. The number of aromatic nitrogens is 2. The molecule has 0 spiro atoms. The molecule has 104 valence electrons. The van der Waals surface area contributed by atoms with Gasteiger partial charge in [-0.15, -0.1) is 0 Å². The van der Waals surface area contributed by atoms with Gasteiger partial charge in [-0.3, -0.25) is 4.79 Å². The molecule has 1 fully saturated rings. The van der Waals surface area contributed by atoms with Gasteiger partial charge in [-0.1, -0.05) is 23.4 Å². The predicted molar refractivity (Wildman–Crippen MR) is 74.6 cm³/mol. The van der Waals surface area contributed by atoms with Crippen molar-refractivity contribution < 1.29 is 9.90 Å². The van der Waals surface area contributed by atoms with Crippen molar-refractivity contribution in [2.24, 2.45) is 0 Å². The first-order valence-corrected chi connectivity index (χ1v) is 7.76. The molecule has 1 aliphatic rings. The van der Waals surface area contributed by atoms with E-state index in [2.05, 4.69) is 9.97 Å². The van der Waals surface area contributed by atoms with Crippen LogP contribution in [0.3, 0.4) is 0 Å². The van der Waals surface area contributed by atoms with Crippen LogP contribution in [0.15, 0.2) is 11.4 Å². The fraction of sp³-hybridized carbons (Fsp3) is 0.583. The van der Waals surface area contributed by atoms with Gasteiger partial charge < -0.3 is 10.0 Å². The third-order valence-electron chi connectivity index (χ3n) is 3.21. The minimum absolute atomic E-state index is 0.0240. The van der Waals surface area contributed by atoms with Gasteiger partial charge in [0.15, 0.2) is 10.9 Å². The summed E-state index contributed by atoms with van der Waals surface area (Å²) in [5.41, 5.74) is 0.223. The summed E-state index contributed by atoms with van der Waals surface area (Å²) in [5.74, 6) is -0.221. The Kier molecular flexibility index (Phi) is 5.01. The first kappa shape index (κ1) is 14.6. The van der Waals surface area contributed by atoms with Crippen LogP contribution in [0.2, 0.25) is 5.02 Å². The standard InChI is InChI=1S/C12H16ClN3O2S/c1-19-12-14-6-9(13)10(15-12)11(18)16-5-3-2-4-8(16)7-17/h6,8,17H,2-5,7H2,1H3. The summed E-state index contributed by atoms with van der Waals surface area (Å²) in [4.78, 5) is 22.4. The zero-order chi connectivity index (χ0) is 13.8. The number of carbonyl (C=O) groups is 1. The van der Waals surface area contributed by atoms with E-state index in [0.717, 1.165) is 19.3 Å². The molecule has 7 heteroatoms. The zero-order valence-electron chi connectivity index (χ0n) is 10.7. The number of piperidine rings is 1. The van der Waals surface area contributed by atoms with E-state index in [1.54, 1.807) is 4.90 Å². The lowest BCUT2D eigenvalue weighted by Crippen LogP contribution is -2.46. The molecule has 1 unspecified atom stereocenters. The SMILES string of the molecule is CSc1ncc(Cl)c(C(=O)N2CCCCC2CO)n1. The van der Waals surface area contributed by atoms with Gasteiger partial charge in [0.1, 0.15) is 0 Å². The maximum Gasteiger partial charge on any atom is 0.274 e. The molecule has 0 bridgehead atoms. The van der Waals surface area contributed by atoms with Crippen LogP contribution in [0.25, 0.3) is 0 Å². The molecule has 1 amide bonds. The van der Waals surface area contributed by atoms with Crippen LogP contribution in [0.1, 0.15) is 29.8 Å². The van der Waals surface area contributed by atoms with Gasteiger partial charge in [0.25, 0.3) is 5.91 Å². The van der Waals surface area contributed by atoms with E-state index in [1.165, 1.54) is 18.0 Å². The van der Waals surface area contributed by atoms with Crippen LogP contribution >= 0.6 is 23.4 Å². The molecule has 1 saturated heterocycles. The Morgan fingerprint density at radius 3 is 3.11 bits per heavy atom. The lowest BCUT2D eigenvalue weighted by atomic mass is 10.0. The Bertz CT molecular complexity index is 472. The minimum atomic E-state index is -0.221. The van der Waals surface area contributed by atoms with E-state index in [4.69, 9.17) is 11.6 Å². The Morgan fingerprint density at radius 2 is 2.42 bits per heavy atom. The largest absolute Gasteiger partial charge is 0.394 e. The van der Waals surface area contributed by atoms with Crippen LogP contribution in [0.4, 0.5) is 0 Å². The molecule has 1 N–H and O–H groups in total. The topological polar surface area (TPSA) is 66.3 Å². The number of hydrogen-bond donors (Lipinski definition) is 1. The lowest BCUT2D eigenvalue weighted by molar-refractivity contribution is 0.0496. The Hall–Kier alpha value is -0.850. The van der Waals surface area contributed by atoms with Crippen LogP contribution in [-0.2, 0) is 0 Å². The quantitative estimate of drug-likeness (QED) is 0.681. The maximum absolute atomic E-state index is 12.5. The molecule has 0 saturated carbocycles. The first-order chi connectivity index (χ1) is 9.17. The summed E-state index contributed by atoms with van der Waals surface area (Å²) in [5, 5.41) is 10.1. The van der Waals surface area contributed by atoms with Crippen LogP contribution < -0.4 is 0 Å². The highest BCUT2D eigenvalue weighted by molar-refractivity contribution is 7.98. The summed E-state index contributed by atoms with van der Waals surface area (Å²) < 4.78 is 0. The molecule has 0 radical (unpaired) electrons. The summed E-state index contributed by atoms with van der Waals surface area (Å²) in [6, 6.07) is -0.134. The molecule has 2 rings (SSSR count). The average molecular weight is 302 g/mol. The van der Waals surface area contributed by atoms with E-state index in [0.29, 0.717) is 11.7 Å². The fourth-order valence-corrected chi connectivity index (χ4v) is 2.71. The molecule has 5 nitrogen and oxygen atoms in total. The van der Waals surface area contributed by atoms with Crippen LogP contribution in [0.5, 0.6) is 0 Å². The van der Waals surface area contributed by atoms with Gasteiger partial charge in [-0.25, -0.2) is 9.97 Å². The van der Waals surface area contributed by atoms with Crippen LogP contribution in [-0.4, -0.2) is 51.3 Å². The van der Waals surface area contributed by atoms with Crippen molar-refractivity contribution in [3.63, 3.8) is 0 Å². The van der Waals surface area contributed by atoms with Gasteiger partial charge in [0, 0.05) is 6.54 Å². The third kappa shape index (κ3) is 3.19. The molecule has 1 atom stereocenters. The monoisotopic (exact) mass is 301 g/mol. The molecule has 19 heavy (non-hydrogen) atoms. The van der Waals surface area contributed by atoms with Crippen molar-refractivity contribution >= 4 is 29.3 Å². The molecular formula is C12H16ClN3O2S. The number of likely N-dealkylation sites (tertiary alicyclic amines) is 1. The predicted octanol–water partition coefficient (Wildman–Crippen LogP) is 1.84. The van der Waals surface area contributed by atoms with Crippen molar-refractivity contribution in [3.05, 3.63) is 16.9 Å². The summed E-state index contributed by atoms with van der Waals surface area (Å²) in [7, 11) is 0. The van der Waals surface area contributed by atoms with Crippen LogP contribution in [0, 0.1) is 0 Å². The van der Waals surface area contributed by atoms with Gasteiger partial charge in [-0.05, 0) is 25.5 Å². The highest BCUT2D eigenvalue weighted by Gasteiger charge is 2.29. The normalized spacial score (nSPS) is 19.5. The number of aliphatic hydroxyl groups is 1. The number of hydrogen-bond acceptors (Lipinski definition) is 5. The number of halogens is 1. The molecular weight excluding hydrogens is 286 g/mol. The van der Waals surface area contributed by atoms with Gasteiger partial charge in [0.2, 0.25) is 0 Å². The Morgan fingerprint density at radius 1 is 1.63 bits per heavy atom. The van der Waals surface area contributed by atoms with Crippen molar-refractivity contribution in [1.29, 1.82) is 0 Å². The second-order valence-electron chi connectivity index (χ2n) is 4.38. The van der Waals surface area contributed by atoms with Crippen molar-refractivity contribution in [2.75, 3.05) is 19.4 Å². The lowest BCUT2D eigenvalue weighted by Gasteiger charge is -2.34. The van der Waals surface area contributed by atoms with E-state index < -0.39 is 0 Å².